The summed E-state index contributed by atoms with van der Waals surface area (Å²) in [6, 6.07) is 40.7. The number of benzene rings is 5. The lowest BCUT2D eigenvalue weighted by molar-refractivity contribution is 0.636. The third kappa shape index (κ3) is 9.08. The molecule has 1 N–H and O–H groups in total. The molecular formula is C38H43FN2. The van der Waals surface area contributed by atoms with Crippen molar-refractivity contribution in [3.05, 3.63) is 154 Å². The van der Waals surface area contributed by atoms with Crippen LogP contribution < -0.4 is 10.2 Å². The van der Waals surface area contributed by atoms with Gasteiger partial charge in [-0.1, -0.05) is 95.6 Å². The Kier molecular flexibility index (Phi) is 11.1. The molecule has 0 radical (unpaired) electrons. The molecule has 0 aliphatic heterocycles. The van der Waals surface area contributed by atoms with Gasteiger partial charge in [-0.05, 0) is 100 Å². The van der Waals surface area contributed by atoms with Gasteiger partial charge >= 0.3 is 0 Å². The normalized spacial score (nSPS) is 10.4. The maximum atomic E-state index is 9.96. The van der Waals surface area contributed by atoms with Gasteiger partial charge in [-0.15, -0.1) is 0 Å². The summed E-state index contributed by atoms with van der Waals surface area (Å²) in [5, 5.41) is 3.40. The minimum atomic E-state index is -1.00. The lowest BCUT2D eigenvalue weighted by Gasteiger charge is -2.28. The first kappa shape index (κ1) is 29.6. The lowest BCUT2D eigenvalue weighted by atomic mass is 10.0. The Morgan fingerprint density at radius 3 is 1.68 bits per heavy atom. The van der Waals surface area contributed by atoms with Crippen molar-refractivity contribution in [2.45, 2.75) is 48.1 Å². The average Bonchev–Trinajstić information content (AvgIpc) is 2.97. The van der Waals surface area contributed by atoms with E-state index >= 15 is 0 Å². The van der Waals surface area contributed by atoms with E-state index in [0.717, 1.165) is 12.2 Å². The molecule has 0 saturated carbocycles. The number of aryl methyl sites for hydroxylation is 6. The highest BCUT2D eigenvalue weighted by atomic mass is 19.1. The average molecular weight is 548 g/mol. The number of halogens is 1. The second kappa shape index (κ2) is 15.4. The minimum absolute atomic E-state index is 0.875. The van der Waals surface area contributed by atoms with E-state index in [-0.39, 0.29) is 0 Å². The fourth-order valence-electron chi connectivity index (χ4n) is 4.86. The summed E-state index contributed by atoms with van der Waals surface area (Å²) in [7, 11) is -1.00. The fraction of sp³-hybridized carbons (Fsp3) is 0.211. The molecule has 0 atom stereocenters. The Morgan fingerprint density at radius 2 is 1.12 bits per heavy atom. The van der Waals surface area contributed by atoms with Crippen molar-refractivity contribution in [2.24, 2.45) is 0 Å². The lowest BCUT2D eigenvalue weighted by Crippen LogP contribution is -2.18. The quantitative estimate of drug-likeness (QED) is 0.227. The predicted molar refractivity (Wildman–Crippen MR) is 177 cm³/mol. The van der Waals surface area contributed by atoms with Gasteiger partial charge in [0.1, 0.15) is 0 Å². The molecule has 41 heavy (non-hydrogen) atoms. The Morgan fingerprint density at radius 1 is 0.610 bits per heavy atom. The van der Waals surface area contributed by atoms with Crippen LogP contribution in [-0.2, 0) is 6.54 Å². The number of nitrogens with one attached hydrogen (secondary N) is 1. The van der Waals surface area contributed by atoms with Crippen LogP contribution in [0.5, 0.6) is 0 Å². The van der Waals surface area contributed by atoms with Gasteiger partial charge < -0.3 is 10.2 Å². The number of anilines is 4. The monoisotopic (exact) mass is 547 g/mol. The van der Waals surface area contributed by atoms with Gasteiger partial charge in [0.25, 0.3) is 0 Å². The largest absolute Gasteiger partial charge is 0.355 e. The smallest absolute Gasteiger partial charge is 0.0785 e. The van der Waals surface area contributed by atoms with Gasteiger partial charge in [0.2, 0.25) is 0 Å². The van der Waals surface area contributed by atoms with Crippen molar-refractivity contribution in [1.29, 1.82) is 0 Å². The van der Waals surface area contributed by atoms with Crippen molar-refractivity contribution >= 4 is 22.7 Å². The van der Waals surface area contributed by atoms with E-state index in [1.807, 2.05) is 18.2 Å². The number of nitrogens with zero attached hydrogens (tertiary/aromatic N) is 1. The number of alkyl halides is 1. The molecule has 3 heteroatoms. The van der Waals surface area contributed by atoms with E-state index in [1.54, 1.807) is 0 Å². The summed E-state index contributed by atoms with van der Waals surface area (Å²) in [4.78, 5) is 2.41. The molecule has 0 heterocycles. The molecule has 5 aromatic rings. The highest BCUT2D eigenvalue weighted by Gasteiger charge is 2.13. The third-order valence-corrected chi connectivity index (χ3v) is 6.97. The maximum Gasteiger partial charge on any atom is 0.0785 e. The van der Waals surface area contributed by atoms with Crippen molar-refractivity contribution in [3.8, 4) is 0 Å². The summed E-state index contributed by atoms with van der Waals surface area (Å²) < 4.78 is 15.5. The van der Waals surface area contributed by atoms with Gasteiger partial charge in [0.15, 0.2) is 0 Å². The molecule has 0 saturated heterocycles. The Hall–Kier alpha value is -4.37. The van der Waals surface area contributed by atoms with Crippen molar-refractivity contribution < 1.29 is 5.76 Å². The molecule has 0 spiro atoms. The second-order valence-electron chi connectivity index (χ2n) is 10.5. The Bertz CT molecular complexity index is 1530. The van der Waals surface area contributed by atoms with Crippen LogP contribution in [-0.4, -0.2) is 7.15 Å². The van der Waals surface area contributed by atoms with Crippen LogP contribution in [0.4, 0.5) is 27.1 Å². The SMILES string of the molecule is Cc1ccc(CN(c2ccccc2)c2ccc(C)cc2C)c(C)c1.Cc1ccc(Nc2ccccc2)c(C)c1.[2H]CF. The van der Waals surface area contributed by atoms with Crippen LogP contribution in [0.25, 0.3) is 0 Å². The first-order chi connectivity index (χ1) is 20.2. The fourth-order valence-corrected chi connectivity index (χ4v) is 4.86. The molecule has 0 aromatic heterocycles. The molecule has 0 amide bonds. The van der Waals surface area contributed by atoms with Crippen molar-refractivity contribution in [2.75, 3.05) is 17.4 Å². The number of hydrogen-bond donors (Lipinski definition) is 1. The first-order valence-electron chi connectivity index (χ1n) is 14.6. The van der Waals surface area contributed by atoms with E-state index in [2.05, 4.69) is 149 Å². The van der Waals surface area contributed by atoms with Gasteiger partial charge in [0, 0.05) is 29.3 Å². The van der Waals surface area contributed by atoms with E-state index in [0.29, 0.717) is 0 Å². The molecule has 2 nitrogen and oxygen atoms in total. The van der Waals surface area contributed by atoms with Gasteiger partial charge in [-0.3, -0.25) is 4.39 Å². The molecular weight excluding hydrogens is 503 g/mol. The Labute approximate surface area is 247 Å². The second-order valence-corrected chi connectivity index (χ2v) is 10.5. The van der Waals surface area contributed by atoms with Crippen LogP contribution in [0.1, 0.15) is 40.3 Å². The first-order valence-corrected chi connectivity index (χ1v) is 13.9. The highest BCUT2D eigenvalue weighted by molar-refractivity contribution is 5.67. The summed E-state index contributed by atoms with van der Waals surface area (Å²) in [5.74, 6) is 0. The molecule has 5 rings (SSSR count). The molecule has 0 aliphatic carbocycles. The molecule has 0 aliphatic rings. The van der Waals surface area contributed by atoms with Crippen LogP contribution in [0.15, 0.2) is 115 Å². The van der Waals surface area contributed by atoms with Crippen LogP contribution >= 0.6 is 0 Å². The zero-order chi connectivity index (χ0) is 30.5. The van der Waals surface area contributed by atoms with Crippen molar-refractivity contribution in [3.63, 3.8) is 0 Å². The maximum absolute atomic E-state index is 9.96. The standard InChI is InChI=1S/C23H25N.C14H15N.CH3F/c1-17-10-12-21(19(3)14-17)16-24(22-8-6-5-7-9-22)23-13-11-18(2)15-20(23)4;1-11-8-9-14(12(2)10-11)15-13-6-4-3-5-7-13;1-2/h5-15H,16H2,1-4H3;3-10,15H,1-2H3;1H3/i;;1D. The number of hydrogen-bond acceptors (Lipinski definition) is 2. The molecule has 0 bridgehead atoms. The topological polar surface area (TPSA) is 15.3 Å². The van der Waals surface area contributed by atoms with E-state index in [1.165, 1.54) is 56.0 Å². The molecule has 5 aromatic carbocycles. The van der Waals surface area contributed by atoms with E-state index < -0.39 is 7.15 Å². The van der Waals surface area contributed by atoms with Crippen LogP contribution in [0.2, 0.25) is 0 Å². The number of para-hydroxylation sites is 2. The highest BCUT2D eigenvalue weighted by Crippen LogP contribution is 2.31. The molecule has 212 valence electrons. The van der Waals surface area contributed by atoms with Gasteiger partial charge in [0.05, 0.1) is 8.52 Å². The predicted octanol–water partition coefficient (Wildman–Crippen LogP) is 10.9. The summed E-state index contributed by atoms with van der Waals surface area (Å²) in [6.45, 7) is 13.8. The molecule has 0 unspecified atom stereocenters. The summed E-state index contributed by atoms with van der Waals surface area (Å²) in [5.41, 5.74) is 14.0. The summed E-state index contributed by atoms with van der Waals surface area (Å²) >= 11 is 0. The Balaban J connectivity index is 0.000000230. The number of rotatable bonds is 6. The van der Waals surface area contributed by atoms with Crippen LogP contribution in [0.3, 0.4) is 0 Å². The van der Waals surface area contributed by atoms with E-state index in [9.17, 15) is 4.39 Å². The molecule has 0 fully saturated rings. The van der Waals surface area contributed by atoms with E-state index in [4.69, 9.17) is 1.37 Å². The minimum Gasteiger partial charge on any atom is -0.355 e. The van der Waals surface area contributed by atoms with Gasteiger partial charge in [-0.25, -0.2) is 0 Å². The van der Waals surface area contributed by atoms with Gasteiger partial charge in [-0.2, -0.15) is 0 Å². The zero-order valence-corrected chi connectivity index (χ0v) is 25.2. The van der Waals surface area contributed by atoms with Crippen molar-refractivity contribution in [1.82, 2.24) is 0 Å². The van der Waals surface area contributed by atoms with Crippen LogP contribution in [0, 0.1) is 41.5 Å². The third-order valence-electron chi connectivity index (χ3n) is 6.97. The summed E-state index contributed by atoms with van der Waals surface area (Å²) in [6.07, 6.45) is 0. The zero-order valence-electron chi connectivity index (χ0n) is 26.2.